The second-order valence-corrected chi connectivity index (χ2v) is 6.36. The largest absolute Gasteiger partial charge is 0.489 e. The van der Waals surface area contributed by atoms with Gasteiger partial charge < -0.3 is 9.47 Å². The summed E-state index contributed by atoms with van der Waals surface area (Å²) in [5, 5.41) is 0.257. The number of Topliss-reactive ketones (excluding diaryl/α,β-unsaturated/α-hetero) is 1. The van der Waals surface area contributed by atoms with Gasteiger partial charge in [-0.2, -0.15) is 0 Å². The standard InChI is InChI=1S/C22H19BrO3/c23-14-22(24)19-11-20(25-15-17-7-3-1-4-8-17)13-21(12-19)26-16-18-9-5-2-6-10-18/h1-13H,14-16H2. The lowest BCUT2D eigenvalue weighted by molar-refractivity contribution is 0.102. The van der Waals surface area contributed by atoms with Gasteiger partial charge in [-0.25, -0.2) is 0 Å². The Bertz CT molecular complexity index is 786. The number of carbonyl (C=O) groups is 1. The summed E-state index contributed by atoms with van der Waals surface area (Å²) in [6.45, 7) is 0.871. The Morgan fingerprint density at radius 2 is 1.19 bits per heavy atom. The summed E-state index contributed by atoms with van der Waals surface area (Å²) in [5.41, 5.74) is 2.70. The van der Waals surface area contributed by atoms with Gasteiger partial charge in [0.25, 0.3) is 0 Å². The molecule has 3 aromatic carbocycles. The minimum Gasteiger partial charge on any atom is -0.489 e. The lowest BCUT2D eigenvalue weighted by Gasteiger charge is -2.12. The molecule has 0 fully saturated rings. The van der Waals surface area contributed by atoms with E-state index in [2.05, 4.69) is 15.9 Å². The molecule has 0 bridgehead atoms. The van der Waals surface area contributed by atoms with Crippen molar-refractivity contribution < 1.29 is 14.3 Å². The highest BCUT2D eigenvalue weighted by molar-refractivity contribution is 9.09. The van der Waals surface area contributed by atoms with Gasteiger partial charge in [-0.15, -0.1) is 0 Å². The van der Waals surface area contributed by atoms with Crippen molar-refractivity contribution in [2.24, 2.45) is 0 Å². The first-order chi connectivity index (χ1) is 12.7. The van der Waals surface area contributed by atoms with E-state index < -0.39 is 0 Å². The molecule has 0 radical (unpaired) electrons. The zero-order valence-electron chi connectivity index (χ0n) is 14.2. The Kier molecular flexibility index (Phi) is 6.45. The van der Waals surface area contributed by atoms with Crippen LogP contribution in [0.2, 0.25) is 0 Å². The smallest absolute Gasteiger partial charge is 0.173 e. The average molecular weight is 411 g/mol. The molecule has 0 atom stereocenters. The maximum atomic E-state index is 12.1. The number of carbonyl (C=O) groups excluding carboxylic acids is 1. The highest BCUT2D eigenvalue weighted by Crippen LogP contribution is 2.25. The van der Waals surface area contributed by atoms with Crippen LogP contribution in [0.1, 0.15) is 21.5 Å². The van der Waals surface area contributed by atoms with Crippen LogP contribution in [-0.2, 0) is 13.2 Å². The number of rotatable bonds is 8. The van der Waals surface area contributed by atoms with E-state index >= 15 is 0 Å². The molecular weight excluding hydrogens is 392 g/mol. The number of halogens is 1. The second-order valence-electron chi connectivity index (χ2n) is 5.80. The van der Waals surface area contributed by atoms with Crippen LogP contribution in [0.15, 0.2) is 78.9 Å². The van der Waals surface area contributed by atoms with Crippen molar-refractivity contribution in [3.8, 4) is 11.5 Å². The quantitative estimate of drug-likeness (QED) is 0.367. The van der Waals surface area contributed by atoms with E-state index in [1.807, 2.05) is 66.7 Å². The fourth-order valence-corrected chi connectivity index (χ4v) is 2.78. The molecule has 0 aliphatic rings. The van der Waals surface area contributed by atoms with Crippen LogP contribution in [0.3, 0.4) is 0 Å². The normalized spacial score (nSPS) is 10.3. The molecule has 3 aromatic rings. The molecule has 0 amide bonds. The van der Waals surface area contributed by atoms with E-state index in [1.165, 1.54) is 0 Å². The third-order valence-electron chi connectivity index (χ3n) is 3.82. The number of alkyl halides is 1. The van der Waals surface area contributed by atoms with E-state index in [4.69, 9.17) is 9.47 Å². The Balaban J connectivity index is 1.75. The van der Waals surface area contributed by atoms with E-state index in [9.17, 15) is 4.79 Å². The number of ketones is 1. The lowest BCUT2D eigenvalue weighted by atomic mass is 10.1. The molecule has 0 aromatic heterocycles. The second kappa shape index (κ2) is 9.20. The van der Waals surface area contributed by atoms with Crippen molar-refractivity contribution in [2.75, 3.05) is 5.33 Å². The van der Waals surface area contributed by atoms with Gasteiger partial charge in [0.05, 0.1) is 5.33 Å². The molecular formula is C22H19BrO3. The fourth-order valence-electron chi connectivity index (χ4n) is 2.46. The first kappa shape index (κ1) is 18.2. The van der Waals surface area contributed by atoms with Gasteiger partial charge in [-0.05, 0) is 23.3 Å². The third kappa shape index (κ3) is 5.20. The lowest BCUT2D eigenvalue weighted by Crippen LogP contribution is -2.03. The van der Waals surface area contributed by atoms with Gasteiger partial charge in [-0.3, -0.25) is 4.79 Å². The molecule has 0 saturated heterocycles. The molecule has 3 nitrogen and oxygen atoms in total. The Hall–Kier alpha value is -2.59. The predicted molar refractivity (Wildman–Crippen MR) is 106 cm³/mol. The summed E-state index contributed by atoms with van der Waals surface area (Å²) in [6.07, 6.45) is 0. The summed E-state index contributed by atoms with van der Waals surface area (Å²) >= 11 is 3.22. The Morgan fingerprint density at radius 1 is 0.731 bits per heavy atom. The summed E-state index contributed by atoms with van der Waals surface area (Å²) < 4.78 is 11.7. The number of benzene rings is 3. The minimum absolute atomic E-state index is 0.0141. The maximum Gasteiger partial charge on any atom is 0.173 e. The minimum atomic E-state index is -0.0141. The van der Waals surface area contributed by atoms with Crippen LogP contribution < -0.4 is 9.47 Å². The molecule has 0 spiro atoms. The van der Waals surface area contributed by atoms with Gasteiger partial charge in [-0.1, -0.05) is 76.6 Å². The third-order valence-corrected chi connectivity index (χ3v) is 4.33. The van der Waals surface area contributed by atoms with Gasteiger partial charge in [0.2, 0.25) is 0 Å². The number of hydrogen-bond acceptors (Lipinski definition) is 3. The number of ether oxygens (including phenoxy) is 2. The van der Waals surface area contributed by atoms with Gasteiger partial charge in [0.15, 0.2) is 5.78 Å². The zero-order valence-corrected chi connectivity index (χ0v) is 15.8. The summed E-state index contributed by atoms with van der Waals surface area (Å²) in [4.78, 5) is 12.1. The highest BCUT2D eigenvalue weighted by Gasteiger charge is 2.10. The first-order valence-electron chi connectivity index (χ1n) is 8.32. The van der Waals surface area contributed by atoms with Crippen LogP contribution in [-0.4, -0.2) is 11.1 Å². The van der Waals surface area contributed by atoms with Crippen LogP contribution in [0.25, 0.3) is 0 Å². The predicted octanol–water partition coefficient (Wildman–Crippen LogP) is 5.42. The van der Waals surface area contributed by atoms with Crippen LogP contribution in [0.4, 0.5) is 0 Å². The molecule has 0 aliphatic carbocycles. The zero-order chi connectivity index (χ0) is 18.2. The van der Waals surface area contributed by atoms with Gasteiger partial charge in [0.1, 0.15) is 24.7 Å². The molecule has 0 saturated carbocycles. The van der Waals surface area contributed by atoms with Crippen molar-refractivity contribution in [1.82, 2.24) is 0 Å². The summed E-state index contributed by atoms with van der Waals surface area (Å²) in [5.74, 6) is 1.21. The van der Waals surface area contributed by atoms with Crippen molar-refractivity contribution in [1.29, 1.82) is 0 Å². The molecule has 0 unspecified atom stereocenters. The Morgan fingerprint density at radius 3 is 1.62 bits per heavy atom. The molecule has 3 rings (SSSR count). The molecule has 4 heteroatoms. The van der Waals surface area contributed by atoms with Crippen molar-refractivity contribution in [3.63, 3.8) is 0 Å². The van der Waals surface area contributed by atoms with E-state index in [1.54, 1.807) is 12.1 Å². The van der Waals surface area contributed by atoms with Crippen LogP contribution in [0.5, 0.6) is 11.5 Å². The molecule has 0 heterocycles. The van der Waals surface area contributed by atoms with Crippen molar-refractivity contribution in [2.45, 2.75) is 13.2 Å². The highest BCUT2D eigenvalue weighted by atomic mass is 79.9. The topological polar surface area (TPSA) is 35.5 Å². The van der Waals surface area contributed by atoms with E-state index in [0.717, 1.165) is 11.1 Å². The van der Waals surface area contributed by atoms with E-state index in [0.29, 0.717) is 30.3 Å². The molecule has 0 N–H and O–H groups in total. The SMILES string of the molecule is O=C(CBr)c1cc(OCc2ccccc2)cc(OCc2ccccc2)c1. The van der Waals surface area contributed by atoms with Crippen molar-refractivity contribution in [3.05, 3.63) is 95.6 Å². The monoisotopic (exact) mass is 410 g/mol. The summed E-state index contributed by atoms with van der Waals surface area (Å²) in [7, 11) is 0. The van der Waals surface area contributed by atoms with Crippen molar-refractivity contribution >= 4 is 21.7 Å². The van der Waals surface area contributed by atoms with Crippen LogP contribution >= 0.6 is 15.9 Å². The first-order valence-corrected chi connectivity index (χ1v) is 9.44. The molecule has 132 valence electrons. The fraction of sp³-hybridized carbons (Fsp3) is 0.136. The van der Waals surface area contributed by atoms with E-state index in [-0.39, 0.29) is 11.1 Å². The van der Waals surface area contributed by atoms with Crippen LogP contribution in [0, 0.1) is 0 Å². The average Bonchev–Trinajstić information content (AvgIpc) is 2.71. The maximum absolute atomic E-state index is 12.1. The van der Waals surface area contributed by atoms with Gasteiger partial charge in [0, 0.05) is 11.6 Å². The molecule has 0 aliphatic heterocycles. The molecule has 26 heavy (non-hydrogen) atoms. The summed E-state index contributed by atoms with van der Waals surface area (Å²) in [6, 6.07) is 25.1. The van der Waals surface area contributed by atoms with Gasteiger partial charge >= 0.3 is 0 Å². The number of hydrogen-bond donors (Lipinski definition) is 0. The Labute approximate surface area is 161 Å².